The first-order chi connectivity index (χ1) is 8.88. The van der Waals surface area contributed by atoms with Gasteiger partial charge in [-0.15, -0.1) is 11.3 Å². The summed E-state index contributed by atoms with van der Waals surface area (Å²) in [6.07, 6.45) is 5.46. The highest BCUT2D eigenvalue weighted by molar-refractivity contribution is 7.10. The van der Waals surface area contributed by atoms with Gasteiger partial charge in [-0.25, -0.2) is 0 Å². The third kappa shape index (κ3) is 4.59. The van der Waals surface area contributed by atoms with Crippen LogP contribution in [0.5, 0.6) is 5.75 Å². The quantitative estimate of drug-likeness (QED) is 0.770. The largest absolute Gasteiger partial charge is 0.496 e. The topological polar surface area (TPSA) is 24.5 Å². The maximum absolute atomic E-state index is 5.18. The van der Waals surface area contributed by atoms with Gasteiger partial charge in [0.2, 0.25) is 0 Å². The summed E-state index contributed by atoms with van der Waals surface area (Å²) in [6, 6.07) is 2.11. The van der Waals surface area contributed by atoms with Gasteiger partial charge in [-0.2, -0.15) is 0 Å². The molecule has 1 aliphatic heterocycles. The first-order valence-corrected chi connectivity index (χ1v) is 7.81. The summed E-state index contributed by atoms with van der Waals surface area (Å²) in [5.74, 6) is 0.977. The Bertz CT molecular complexity index is 334. The molecule has 18 heavy (non-hydrogen) atoms. The second-order valence-electron chi connectivity index (χ2n) is 4.89. The smallest absolute Gasteiger partial charge is 0.129 e. The molecule has 2 heterocycles. The molecule has 1 fully saturated rings. The van der Waals surface area contributed by atoms with Crippen LogP contribution in [0.1, 0.15) is 30.6 Å². The van der Waals surface area contributed by atoms with Crippen LogP contribution in [-0.2, 0) is 6.54 Å². The van der Waals surface area contributed by atoms with Crippen LogP contribution in [0, 0.1) is 0 Å². The second-order valence-corrected chi connectivity index (χ2v) is 5.88. The van der Waals surface area contributed by atoms with Crippen molar-refractivity contribution in [2.45, 2.75) is 32.2 Å². The molecule has 1 aliphatic rings. The third-order valence-electron chi connectivity index (χ3n) is 3.44. The van der Waals surface area contributed by atoms with Gasteiger partial charge in [0, 0.05) is 16.8 Å². The molecule has 0 unspecified atom stereocenters. The molecule has 0 spiro atoms. The number of ether oxygens (including phenoxy) is 1. The Balaban J connectivity index is 1.52. The molecule has 0 bridgehead atoms. The third-order valence-corrected chi connectivity index (χ3v) is 4.36. The predicted molar refractivity (Wildman–Crippen MR) is 77.5 cm³/mol. The van der Waals surface area contributed by atoms with Crippen LogP contribution in [0.2, 0.25) is 0 Å². The normalized spacial score (nSPS) is 16.9. The van der Waals surface area contributed by atoms with Gasteiger partial charge >= 0.3 is 0 Å². The zero-order chi connectivity index (χ0) is 12.6. The van der Waals surface area contributed by atoms with Crippen LogP contribution in [-0.4, -0.2) is 38.2 Å². The van der Waals surface area contributed by atoms with Crippen LogP contribution in [0.15, 0.2) is 11.4 Å². The standard InChI is InChI=1S/C14H24N2OS/c1-17-13-10-14(18-12-13)11-15-6-5-9-16-7-3-2-4-8-16/h10,12,15H,2-9,11H2,1H3. The van der Waals surface area contributed by atoms with E-state index in [1.54, 1.807) is 18.4 Å². The van der Waals surface area contributed by atoms with Gasteiger partial charge in [0.25, 0.3) is 0 Å². The highest BCUT2D eigenvalue weighted by Gasteiger charge is 2.08. The number of methoxy groups -OCH3 is 1. The zero-order valence-electron chi connectivity index (χ0n) is 11.3. The number of hydrogen-bond donors (Lipinski definition) is 1. The highest BCUT2D eigenvalue weighted by atomic mass is 32.1. The summed E-state index contributed by atoms with van der Waals surface area (Å²) in [6.45, 7) is 5.94. The van der Waals surface area contributed by atoms with E-state index in [4.69, 9.17) is 4.74 Å². The lowest BCUT2D eigenvalue weighted by Gasteiger charge is -2.26. The van der Waals surface area contributed by atoms with Crippen molar-refractivity contribution in [1.29, 1.82) is 0 Å². The number of likely N-dealkylation sites (tertiary alicyclic amines) is 1. The number of nitrogens with zero attached hydrogens (tertiary/aromatic N) is 1. The van der Waals surface area contributed by atoms with Crippen molar-refractivity contribution in [2.75, 3.05) is 33.3 Å². The first-order valence-electron chi connectivity index (χ1n) is 6.93. The molecule has 2 rings (SSSR count). The lowest BCUT2D eigenvalue weighted by Crippen LogP contribution is -2.32. The first kappa shape index (κ1) is 13.8. The van der Waals surface area contributed by atoms with Crippen LogP contribution < -0.4 is 10.1 Å². The highest BCUT2D eigenvalue weighted by Crippen LogP contribution is 2.20. The molecule has 0 atom stereocenters. The van der Waals surface area contributed by atoms with Crippen molar-refractivity contribution < 1.29 is 4.74 Å². The molecule has 3 nitrogen and oxygen atoms in total. The summed E-state index contributed by atoms with van der Waals surface area (Å²) in [7, 11) is 1.72. The average molecular weight is 268 g/mol. The van der Waals surface area contributed by atoms with Gasteiger partial charge in [0.05, 0.1) is 7.11 Å². The Labute approximate surface area is 114 Å². The molecular formula is C14H24N2OS. The van der Waals surface area contributed by atoms with Gasteiger partial charge < -0.3 is 15.0 Å². The SMILES string of the molecule is COc1csc(CNCCCN2CCCCC2)c1. The zero-order valence-corrected chi connectivity index (χ0v) is 12.1. The second kappa shape index (κ2) is 7.77. The van der Waals surface area contributed by atoms with Crippen molar-refractivity contribution in [1.82, 2.24) is 10.2 Å². The van der Waals surface area contributed by atoms with Crippen LogP contribution in [0.3, 0.4) is 0 Å². The van der Waals surface area contributed by atoms with E-state index in [2.05, 4.69) is 21.7 Å². The lowest BCUT2D eigenvalue weighted by molar-refractivity contribution is 0.225. The van der Waals surface area contributed by atoms with Gasteiger partial charge in [-0.05, 0) is 51.5 Å². The predicted octanol–water partition coefficient (Wildman–Crippen LogP) is 2.72. The lowest BCUT2D eigenvalue weighted by atomic mass is 10.1. The van der Waals surface area contributed by atoms with Gasteiger partial charge in [-0.3, -0.25) is 0 Å². The van der Waals surface area contributed by atoms with E-state index in [0.29, 0.717) is 0 Å². The van der Waals surface area contributed by atoms with E-state index in [1.165, 1.54) is 50.2 Å². The number of hydrogen-bond acceptors (Lipinski definition) is 4. The monoisotopic (exact) mass is 268 g/mol. The molecular weight excluding hydrogens is 244 g/mol. The minimum atomic E-state index is 0.966. The molecule has 1 N–H and O–H groups in total. The Morgan fingerprint density at radius 3 is 2.89 bits per heavy atom. The minimum Gasteiger partial charge on any atom is -0.496 e. The van der Waals surface area contributed by atoms with Crippen molar-refractivity contribution in [3.8, 4) is 5.75 Å². The maximum Gasteiger partial charge on any atom is 0.129 e. The Hall–Kier alpha value is -0.580. The average Bonchev–Trinajstić information content (AvgIpc) is 2.87. The Kier molecular flexibility index (Phi) is 5.97. The summed E-state index contributed by atoms with van der Waals surface area (Å²) < 4.78 is 5.18. The number of thiophene rings is 1. The summed E-state index contributed by atoms with van der Waals surface area (Å²) in [5.41, 5.74) is 0. The molecule has 1 aromatic rings. The number of rotatable bonds is 7. The summed E-state index contributed by atoms with van der Waals surface area (Å²) in [4.78, 5) is 3.95. The molecule has 0 aromatic carbocycles. The fraction of sp³-hybridized carbons (Fsp3) is 0.714. The van der Waals surface area contributed by atoms with E-state index >= 15 is 0 Å². The minimum absolute atomic E-state index is 0.966. The molecule has 102 valence electrons. The van der Waals surface area contributed by atoms with E-state index in [-0.39, 0.29) is 0 Å². The van der Waals surface area contributed by atoms with Crippen LogP contribution >= 0.6 is 11.3 Å². The molecule has 0 radical (unpaired) electrons. The van der Waals surface area contributed by atoms with Crippen molar-refractivity contribution in [2.24, 2.45) is 0 Å². The van der Waals surface area contributed by atoms with Crippen molar-refractivity contribution in [3.63, 3.8) is 0 Å². The molecule has 0 amide bonds. The maximum atomic E-state index is 5.18. The number of nitrogens with one attached hydrogen (secondary N) is 1. The van der Waals surface area contributed by atoms with Gasteiger partial charge in [0.1, 0.15) is 5.75 Å². The molecule has 0 saturated carbocycles. The number of piperidine rings is 1. The van der Waals surface area contributed by atoms with Crippen molar-refractivity contribution >= 4 is 11.3 Å². The van der Waals surface area contributed by atoms with Crippen molar-refractivity contribution in [3.05, 3.63) is 16.3 Å². The summed E-state index contributed by atoms with van der Waals surface area (Å²) in [5, 5.41) is 5.57. The van der Waals surface area contributed by atoms with E-state index < -0.39 is 0 Å². The Morgan fingerprint density at radius 2 is 2.17 bits per heavy atom. The van der Waals surface area contributed by atoms with E-state index in [0.717, 1.165) is 18.8 Å². The van der Waals surface area contributed by atoms with Crippen LogP contribution in [0.25, 0.3) is 0 Å². The molecule has 1 aromatic heterocycles. The van der Waals surface area contributed by atoms with E-state index in [9.17, 15) is 0 Å². The fourth-order valence-electron chi connectivity index (χ4n) is 2.38. The molecule has 1 saturated heterocycles. The Morgan fingerprint density at radius 1 is 1.33 bits per heavy atom. The van der Waals surface area contributed by atoms with E-state index in [1.807, 2.05) is 0 Å². The van der Waals surface area contributed by atoms with Gasteiger partial charge in [-0.1, -0.05) is 6.42 Å². The van der Waals surface area contributed by atoms with Gasteiger partial charge in [0.15, 0.2) is 0 Å². The molecule has 0 aliphatic carbocycles. The fourth-order valence-corrected chi connectivity index (χ4v) is 3.18. The summed E-state index contributed by atoms with van der Waals surface area (Å²) >= 11 is 1.76. The van der Waals surface area contributed by atoms with Crippen LogP contribution in [0.4, 0.5) is 0 Å². The molecule has 4 heteroatoms.